The van der Waals surface area contributed by atoms with Gasteiger partial charge in [0.15, 0.2) is 0 Å². The molecule has 2 rings (SSSR count). The average Bonchev–Trinajstić information content (AvgIpc) is 2.59. The zero-order chi connectivity index (χ0) is 12.8. The Kier molecular flexibility index (Phi) is 3.15. The van der Waals surface area contributed by atoms with Crippen molar-refractivity contribution in [3.05, 3.63) is 23.3 Å². The second kappa shape index (κ2) is 4.09. The molecule has 1 aromatic rings. The van der Waals surface area contributed by atoms with E-state index in [2.05, 4.69) is 51.4 Å². The van der Waals surface area contributed by atoms with Crippen LogP contribution in [0.3, 0.4) is 0 Å². The maximum atomic E-state index is 2.59. The highest BCUT2D eigenvalue weighted by molar-refractivity contribution is 6.98. The minimum atomic E-state index is -1.20. The third-order valence-electron chi connectivity index (χ3n) is 3.85. The van der Waals surface area contributed by atoms with Crippen molar-refractivity contribution in [2.75, 3.05) is 0 Å². The van der Waals surface area contributed by atoms with Gasteiger partial charge >= 0.3 is 0 Å². The van der Waals surface area contributed by atoms with Crippen LogP contribution < -0.4 is 10.4 Å². The summed E-state index contributed by atoms with van der Waals surface area (Å²) in [6.07, 6.45) is 4.01. The van der Waals surface area contributed by atoms with Crippen LogP contribution in [-0.2, 0) is 12.8 Å². The van der Waals surface area contributed by atoms with Gasteiger partial charge in [-0.3, -0.25) is 0 Å². The maximum absolute atomic E-state index is 2.59. The molecule has 1 aromatic carbocycles. The fourth-order valence-corrected chi connectivity index (χ4v) is 8.09. The van der Waals surface area contributed by atoms with E-state index in [1.165, 1.54) is 19.3 Å². The Bertz CT molecular complexity index is 392. The lowest BCUT2D eigenvalue weighted by Gasteiger charge is -2.29. The van der Waals surface area contributed by atoms with Crippen molar-refractivity contribution in [3.63, 3.8) is 0 Å². The third-order valence-corrected chi connectivity index (χ3v) is 8.16. The van der Waals surface area contributed by atoms with E-state index < -0.39 is 16.1 Å². The van der Waals surface area contributed by atoms with E-state index in [-0.39, 0.29) is 0 Å². The summed E-state index contributed by atoms with van der Waals surface area (Å²) in [4.78, 5) is 0. The van der Waals surface area contributed by atoms with E-state index in [1.807, 2.05) is 0 Å². The van der Waals surface area contributed by atoms with Crippen LogP contribution in [0.25, 0.3) is 0 Å². The monoisotopic (exact) mass is 262 g/mol. The summed E-state index contributed by atoms with van der Waals surface area (Å²) in [5, 5.41) is 3.50. The van der Waals surface area contributed by atoms with Crippen molar-refractivity contribution in [2.45, 2.75) is 58.5 Å². The van der Waals surface area contributed by atoms with Gasteiger partial charge < -0.3 is 0 Å². The van der Waals surface area contributed by atoms with Crippen molar-refractivity contribution in [3.8, 4) is 0 Å². The standard InChI is InChI=1S/C15H26Si2/c1-16(2,3)14-10-12-8-7-9-13(12)11-15(14)17(4,5)6/h10-11H,7-9H2,1-6H3. The van der Waals surface area contributed by atoms with Crippen LogP contribution in [0.2, 0.25) is 39.3 Å². The molecule has 94 valence electrons. The normalized spacial score (nSPS) is 16.1. The second-order valence-electron chi connectivity index (χ2n) is 7.52. The molecule has 17 heavy (non-hydrogen) atoms. The van der Waals surface area contributed by atoms with Gasteiger partial charge in [-0.2, -0.15) is 0 Å². The van der Waals surface area contributed by atoms with Gasteiger partial charge in [0.25, 0.3) is 0 Å². The molecule has 0 N–H and O–H groups in total. The van der Waals surface area contributed by atoms with E-state index in [0.29, 0.717) is 0 Å². The van der Waals surface area contributed by atoms with Crippen LogP contribution in [0.1, 0.15) is 17.5 Å². The van der Waals surface area contributed by atoms with E-state index >= 15 is 0 Å². The minimum absolute atomic E-state index is 1.20. The summed E-state index contributed by atoms with van der Waals surface area (Å²) in [5.74, 6) is 0. The summed E-state index contributed by atoms with van der Waals surface area (Å²) >= 11 is 0. The highest BCUT2D eigenvalue weighted by Gasteiger charge is 2.29. The van der Waals surface area contributed by atoms with E-state index in [9.17, 15) is 0 Å². The first-order valence-electron chi connectivity index (χ1n) is 6.86. The lowest BCUT2D eigenvalue weighted by molar-refractivity contribution is 0.912. The smallest absolute Gasteiger partial charge is 0.0656 e. The quantitative estimate of drug-likeness (QED) is 0.718. The van der Waals surface area contributed by atoms with Crippen molar-refractivity contribution in [2.24, 2.45) is 0 Å². The van der Waals surface area contributed by atoms with Crippen LogP contribution in [0.15, 0.2) is 12.1 Å². The molecule has 0 nitrogen and oxygen atoms in total. The van der Waals surface area contributed by atoms with Gasteiger partial charge in [-0.15, -0.1) is 0 Å². The first-order valence-corrected chi connectivity index (χ1v) is 13.9. The highest BCUT2D eigenvalue weighted by Crippen LogP contribution is 2.22. The zero-order valence-electron chi connectivity index (χ0n) is 12.3. The fraction of sp³-hybridized carbons (Fsp3) is 0.600. The summed E-state index contributed by atoms with van der Waals surface area (Å²) < 4.78 is 0. The van der Waals surface area contributed by atoms with Crippen molar-refractivity contribution < 1.29 is 0 Å². The Morgan fingerprint density at radius 3 is 1.35 bits per heavy atom. The summed E-state index contributed by atoms with van der Waals surface area (Å²) in [7, 11) is -2.39. The summed E-state index contributed by atoms with van der Waals surface area (Å²) in [6.45, 7) is 15.0. The van der Waals surface area contributed by atoms with Crippen molar-refractivity contribution in [1.82, 2.24) is 0 Å². The molecule has 0 aromatic heterocycles. The van der Waals surface area contributed by atoms with Gasteiger partial charge in [0.1, 0.15) is 0 Å². The first kappa shape index (κ1) is 13.1. The average molecular weight is 263 g/mol. The van der Waals surface area contributed by atoms with Crippen LogP contribution in [0.4, 0.5) is 0 Å². The van der Waals surface area contributed by atoms with Crippen LogP contribution in [0.5, 0.6) is 0 Å². The number of fused-ring (bicyclic) bond motifs is 1. The molecular weight excluding hydrogens is 236 g/mol. The lowest BCUT2D eigenvalue weighted by atomic mass is 10.1. The number of hydrogen-bond donors (Lipinski definition) is 0. The molecule has 0 heterocycles. The molecule has 0 spiro atoms. The van der Waals surface area contributed by atoms with Crippen molar-refractivity contribution in [1.29, 1.82) is 0 Å². The highest BCUT2D eigenvalue weighted by atomic mass is 28.3. The van der Waals surface area contributed by atoms with E-state index in [0.717, 1.165) is 0 Å². The van der Waals surface area contributed by atoms with Gasteiger partial charge in [-0.1, -0.05) is 61.8 Å². The molecule has 0 unspecified atom stereocenters. The van der Waals surface area contributed by atoms with Crippen LogP contribution in [0, 0.1) is 0 Å². The molecule has 0 fully saturated rings. The number of hydrogen-bond acceptors (Lipinski definition) is 0. The molecule has 0 radical (unpaired) electrons. The topological polar surface area (TPSA) is 0 Å². The Balaban J connectivity index is 2.64. The largest absolute Gasteiger partial charge is 0.0774 e. The summed E-state index contributed by atoms with van der Waals surface area (Å²) in [6, 6.07) is 5.17. The molecule has 0 atom stereocenters. The SMILES string of the molecule is C[Si](C)(C)c1cc2c(cc1[Si](C)(C)C)CCC2. The minimum Gasteiger partial charge on any atom is -0.0656 e. The van der Waals surface area contributed by atoms with Gasteiger partial charge in [0, 0.05) is 0 Å². The Morgan fingerprint density at radius 1 is 0.706 bits per heavy atom. The predicted octanol–water partition coefficient (Wildman–Crippen LogP) is 3.27. The van der Waals surface area contributed by atoms with E-state index in [4.69, 9.17) is 0 Å². The third kappa shape index (κ3) is 2.58. The van der Waals surface area contributed by atoms with Gasteiger partial charge in [0.05, 0.1) is 16.1 Å². The summed E-state index contributed by atoms with van der Waals surface area (Å²) in [5.41, 5.74) is 3.31. The molecule has 0 aliphatic heterocycles. The molecule has 0 saturated carbocycles. The van der Waals surface area contributed by atoms with Gasteiger partial charge in [-0.05, 0) is 30.4 Å². The molecule has 0 amide bonds. The maximum Gasteiger partial charge on any atom is 0.0774 e. The molecule has 2 heteroatoms. The number of rotatable bonds is 2. The first-order chi connectivity index (χ1) is 7.69. The van der Waals surface area contributed by atoms with Crippen molar-refractivity contribution >= 4 is 26.5 Å². The van der Waals surface area contributed by atoms with Gasteiger partial charge in [0.2, 0.25) is 0 Å². The molecule has 0 saturated heterocycles. The molecular formula is C15H26Si2. The number of benzene rings is 1. The van der Waals surface area contributed by atoms with Crippen LogP contribution >= 0.6 is 0 Å². The second-order valence-corrected chi connectivity index (χ2v) is 17.6. The Labute approximate surface area is 108 Å². The zero-order valence-corrected chi connectivity index (χ0v) is 14.3. The van der Waals surface area contributed by atoms with Gasteiger partial charge in [-0.25, -0.2) is 0 Å². The molecule has 0 bridgehead atoms. The van der Waals surface area contributed by atoms with E-state index in [1.54, 1.807) is 21.5 Å². The lowest BCUT2D eigenvalue weighted by Crippen LogP contribution is -2.56. The Morgan fingerprint density at radius 2 is 1.06 bits per heavy atom. The molecule has 1 aliphatic carbocycles. The fourth-order valence-electron chi connectivity index (χ4n) is 2.87. The number of aryl methyl sites for hydroxylation is 2. The predicted molar refractivity (Wildman–Crippen MR) is 84.4 cm³/mol. The van der Waals surface area contributed by atoms with Crippen LogP contribution in [-0.4, -0.2) is 16.1 Å². The molecule has 1 aliphatic rings. The Hall–Kier alpha value is -0.346.